The van der Waals surface area contributed by atoms with Gasteiger partial charge in [0.2, 0.25) is 0 Å². The minimum atomic E-state index is 0.732. The Morgan fingerprint density at radius 3 is 3.07 bits per heavy atom. The minimum absolute atomic E-state index is 0.732. The molecule has 0 amide bonds. The smallest absolute Gasteiger partial charge is 0.151 e. The van der Waals surface area contributed by atoms with Crippen molar-refractivity contribution in [3.63, 3.8) is 0 Å². The molecule has 0 spiro atoms. The molecule has 0 aliphatic carbocycles. The Hall–Kier alpha value is -1.42. The van der Waals surface area contributed by atoms with Gasteiger partial charge in [-0.2, -0.15) is 0 Å². The molecule has 2 aromatic rings. The molecule has 0 saturated heterocycles. The molecule has 0 radical (unpaired) electrons. The molecule has 0 aromatic carbocycles. The molecule has 78 valence electrons. The molecule has 0 fully saturated rings. The standard InChI is InChI=1S/C11H12N2OS/c1-9-11(15-8-12-9)3-5-13-4-2-10(6-13)7-14/h2,4,6-8H,3,5H2,1H3. The van der Waals surface area contributed by atoms with Gasteiger partial charge in [0.15, 0.2) is 6.29 Å². The third-order valence-corrected chi connectivity index (χ3v) is 3.35. The molecule has 0 atom stereocenters. The van der Waals surface area contributed by atoms with Crippen LogP contribution in [-0.2, 0) is 13.0 Å². The van der Waals surface area contributed by atoms with Gasteiger partial charge in [0.1, 0.15) is 0 Å². The van der Waals surface area contributed by atoms with E-state index in [4.69, 9.17) is 0 Å². The van der Waals surface area contributed by atoms with E-state index >= 15 is 0 Å². The number of aldehydes is 1. The molecule has 2 rings (SSSR count). The molecule has 3 nitrogen and oxygen atoms in total. The summed E-state index contributed by atoms with van der Waals surface area (Å²) in [5.74, 6) is 0. The Labute approximate surface area is 92.4 Å². The van der Waals surface area contributed by atoms with Crippen molar-refractivity contribution in [3.05, 3.63) is 40.1 Å². The van der Waals surface area contributed by atoms with Crippen molar-refractivity contribution in [2.75, 3.05) is 0 Å². The van der Waals surface area contributed by atoms with Crippen LogP contribution < -0.4 is 0 Å². The van der Waals surface area contributed by atoms with E-state index in [1.165, 1.54) is 4.88 Å². The fourth-order valence-corrected chi connectivity index (χ4v) is 2.24. The van der Waals surface area contributed by atoms with Crippen LogP contribution >= 0.6 is 11.3 Å². The Kier molecular flexibility index (Phi) is 2.97. The van der Waals surface area contributed by atoms with Gasteiger partial charge in [-0.1, -0.05) is 0 Å². The van der Waals surface area contributed by atoms with Crippen LogP contribution in [0.2, 0.25) is 0 Å². The fourth-order valence-electron chi connectivity index (χ4n) is 1.46. The van der Waals surface area contributed by atoms with E-state index in [1.807, 2.05) is 35.5 Å². The summed E-state index contributed by atoms with van der Waals surface area (Å²) < 4.78 is 2.03. The van der Waals surface area contributed by atoms with E-state index in [0.717, 1.165) is 30.5 Å². The zero-order valence-corrected chi connectivity index (χ0v) is 9.33. The number of hydrogen-bond donors (Lipinski definition) is 0. The van der Waals surface area contributed by atoms with Gasteiger partial charge >= 0.3 is 0 Å². The second-order valence-electron chi connectivity index (χ2n) is 3.41. The minimum Gasteiger partial charge on any atom is -0.353 e. The van der Waals surface area contributed by atoms with Crippen LogP contribution in [0.3, 0.4) is 0 Å². The van der Waals surface area contributed by atoms with Gasteiger partial charge in [-0.15, -0.1) is 11.3 Å². The first kappa shape index (κ1) is 10.1. The Balaban J connectivity index is 1.99. The molecule has 4 heteroatoms. The first-order valence-electron chi connectivity index (χ1n) is 4.79. The lowest BCUT2D eigenvalue weighted by Crippen LogP contribution is -1.98. The monoisotopic (exact) mass is 220 g/mol. The number of carbonyl (C=O) groups excluding carboxylic acids is 1. The number of nitrogens with zero attached hydrogens (tertiary/aromatic N) is 2. The molecular weight excluding hydrogens is 208 g/mol. The van der Waals surface area contributed by atoms with Crippen molar-refractivity contribution in [2.45, 2.75) is 19.9 Å². The average molecular weight is 220 g/mol. The molecule has 2 heterocycles. The van der Waals surface area contributed by atoms with E-state index < -0.39 is 0 Å². The first-order chi connectivity index (χ1) is 7.29. The van der Waals surface area contributed by atoms with Crippen molar-refractivity contribution in [3.8, 4) is 0 Å². The summed E-state index contributed by atoms with van der Waals surface area (Å²) in [5, 5.41) is 0. The molecule has 2 aromatic heterocycles. The molecule has 0 saturated carbocycles. The first-order valence-corrected chi connectivity index (χ1v) is 5.67. The number of aryl methyl sites for hydroxylation is 3. The van der Waals surface area contributed by atoms with Gasteiger partial charge in [-0.25, -0.2) is 4.98 Å². The molecule has 0 bridgehead atoms. The topological polar surface area (TPSA) is 34.9 Å². The van der Waals surface area contributed by atoms with E-state index in [9.17, 15) is 4.79 Å². The fraction of sp³-hybridized carbons (Fsp3) is 0.273. The highest BCUT2D eigenvalue weighted by atomic mass is 32.1. The largest absolute Gasteiger partial charge is 0.353 e. The van der Waals surface area contributed by atoms with Gasteiger partial charge in [0.25, 0.3) is 0 Å². The zero-order chi connectivity index (χ0) is 10.7. The lowest BCUT2D eigenvalue weighted by Gasteiger charge is -2.00. The van der Waals surface area contributed by atoms with Gasteiger partial charge in [0.05, 0.1) is 11.2 Å². The highest BCUT2D eigenvalue weighted by Crippen LogP contribution is 2.13. The summed E-state index contributed by atoms with van der Waals surface area (Å²) in [7, 11) is 0. The molecule has 15 heavy (non-hydrogen) atoms. The molecular formula is C11H12N2OS. The summed E-state index contributed by atoms with van der Waals surface area (Å²) in [6, 6.07) is 1.83. The van der Waals surface area contributed by atoms with Crippen LogP contribution in [0.15, 0.2) is 24.0 Å². The second kappa shape index (κ2) is 4.40. The average Bonchev–Trinajstić information content (AvgIpc) is 2.84. The van der Waals surface area contributed by atoms with Crippen molar-refractivity contribution in [2.24, 2.45) is 0 Å². The predicted molar refractivity (Wildman–Crippen MR) is 60.4 cm³/mol. The third-order valence-electron chi connectivity index (χ3n) is 2.35. The van der Waals surface area contributed by atoms with Crippen LogP contribution in [-0.4, -0.2) is 15.8 Å². The van der Waals surface area contributed by atoms with Crippen molar-refractivity contribution < 1.29 is 4.79 Å². The van der Waals surface area contributed by atoms with Crippen LogP contribution in [0.25, 0.3) is 0 Å². The maximum absolute atomic E-state index is 10.5. The van der Waals surface area contributed by atoms with E-state index in [1.54, 1.807) is 11.3 Å². The third kappa shape index (κ3) is 2.33. The molecule has 0 unspecified atom stereocenters. The van der Waals surface area contributed by atoms with E-state index in [-0.39, 0.29) is 0 Å². The zero-order valence-electron chi connectivity index (χ0n) is 8.51. The number of hydrogen-bond acceptors (Lipinski definition) is 3. The second-order valence-corrected chi connectivity index (χ2v) is 4.35. The summed E-state index contributed by atoms with van der Waals surface area (Å²) in [6.07, 6.45) is 5.64. The Morgan fingerprint density at radius 1 is 1.60 bits per heavy atom. The van der Waals surface area contributed by atoms with Gasteiger partial charge in [0, 0.05) is 35.8 Å². The Bertz CT molecular complexity index is 459. The van der Waals surface area contributed by atoms with Crippen molar-refractivity contribution in [1.29, 1.82) is 0 Å². The molecule has 0 aliphatic heterocycles. The highest BCUT2D eigenvalue weighted by Gasteiger charge is 2.01. The number of carbonyl (C=O) groups is 1. The van der Waals surface area contributed by atoms with Crippen molar-refractivity contribution >= 4 is 17.6 Å². The van der Waals surface area contributed by atoms with Crippen LogP contribution in [0.5, 0.6) is 0 Å². The van der Waals surface area contributed by atoms with Crippen LogP contribution in [0, 0.1) is 6.92 Å². The summed E-state index contributed by atoms with van der Waals surface area (Å²) in [4.78, 5) is 16.0. The maximum Gasteiger partial charge on any atom is 0.151 e. The quantitative estimate of drug-likeness (QED) is 0.741. The van der Waals surface area contributed by atoms with Gasteiger partial charge < -0.3 is 4.57 Å². The lowest BCUT2D eigenvalue weighted by atomic mass is 10.3. The normalized spacial score (nSPS) is 10.5. The molecule has 0 aliphatic rings. The number of rotatable bonds is 4. The van der Waals surface area contributed by atoms with Gasteiger partial charge in [-0.3, -0.25) is 4.79 Å². The number of aromatic nitrogens is 2. The van der Waals surface area contributed by atoms with Gasteiger partial charge in [-0.05, 0) is 13.0 Å². The lowest BCUT2D eigenvalue weighted by molar-refractivity contribution is 0.112. The van der Waals surface area contributed by atoms with E-state index in [2.05, 4.69) is 4.98 Å². The van der Waals surface area contributed by atoms with Crippen LogP contribution in [0.4, 0.5) is 0 Å². The molecule has 0 N–H and O–H groups in total. The Morgan fingerprint density at radius 2 is 2.47 bits per heavy atom. The summed E-state index contributed by atoms with van der Waals surface area (Å²) in [5.41, 5.74) is 3.72. The van der Waals surface area contributed by atoms with E-state index in [0.29, 0.717) is 0 Å². The maximum atomic E-state index is 10.5. The summed E-state index contributed by atoms with van der Waals surface area (Å²) in [6.45, 7) is 2.93. The van der Waals surface area contributed by atoms with Crippen molar-refractivity contribution in [1.82, 2.24) is 9.55 Å². The van der Waals surface area contributed by atoms with Crippen LogP contribution in [0.1, 0.15) is 20.9 Å². The highest BCUT2D eigenvalue weighted by molar-refractivity contribution is 7.09. The predicted octanol–water partition coefficient (Wildman–Crippen LogP) is 2.31. The summed E-state index contributed by atoms with van der Waals surface area (Å²) >= 11 is 1.69. The number of thiazole rings is 1. The SMILES string of the molecule is Cc1ncsc1CCn1ccc(C=O)c1.